The number of hydrogen-bond donors (Lipinski definition) is 1. The van der Waals surface area contributed by atoms with E-state index in [1.807, 2.05) is 31.2 Å². The minimum Gasteiger partial charge on any atom is -0.326 e. The topological polar surface area (TPSA) is 66.5 Å². The number of anilines is 1. The van der Waals surface area contributed by atoms with Crippen molar-refractivity contribution in [3.8, 4) is 0 Å². The average Bonchev–Trinajstić information content (AvgIpc) is 2.57. The molecule has 0 unspecified atom stereocenters. The van der Waals surface area contributed by atoms with Gasteiger partial charge < -0.3 is 5.32 Å². The number of piperidine rings is 1. The molecule has 1 aliphatic rings. The molecule has 0 aromatic heterocycles. The third kappa shape index (κ3) is 4.80. The minimum absolute atomic E-state index is 0.0741. The first-order chi connectivity index (χ1) is 11.5. The Labute approximate surface area is 145 Å². The van der Waals surface area contributed by atoms with Crippen LogP contribution in [-0.2, 0) is 21.2 Å². The smallest absolute Gasteiger partial charge is 0.228 e. The molecule has 0 spiro atoms. The van der Waals surface area contributed by atoms with Crippen LogP contribution >= 0.6 is 0 Å². The van der Waals surface area contributed by atoms with E-state index < -0.39 is 10.0 Å². The summed E-state index contributed by atoms with van der Waals surface area (Å²) in [6.07, 6.45) is 4.00. The normalized spacial score (nSPS) is 19.2. The second-order valence-electron chi connectivity index (χ2n) is 6.41. The molecule has 134 valence electrons. The van der Waals surface area contributed by atoms with Gasteiger partial charge in [0.25, 0.3) is 0 Å². The first-order valence-electron chi connectivity index (χ1n) is 8.84. The van der Waals surface area contributed by atoms with Gasteiger partial charge in [0.1, 0.15) is 0 Å². The van der Waals surface area contributed by atoms with Crippen molar-refractivity contribution < 1.29 is 13.2 Å². The van der Waals surface area contributed by atoms with Gasteiger partial charge in [0.05, 0.1) is 11.7 Å². The van der Waals surface area contributed by atoms with Crippen molar-refractivity contribution in [3.05, 3.63) is 29.8 Å². The maximum absolute atomic E-state index is 12.6. The zero-order chi connectivity index (χ0) is 17.6. The zero-order valence-corrected chi connectivity index (χ0v) is 15.4. The number of benzene rings is 1. The zero-order valence-electron chi connectivity index (χ0n) is 14.6. The van der Waals surface area contributed by atoms with Crippen LogP contribution in [0.15, 0.2) is 24.3 Å². The van der Waals surface area contributed by atoms with Gasteiger partial charge in [-0.3, -0.25) is 4.79 Å². The number of rotatable bonds is 7. The van der Waals surface area contributed by atoms with Crippen LogP contribution in [0.2, 0.25) is 0 Å². The summed E-state index contributed by atoms with van der Waals surface area (Å²) < 4.78 is 26.0. The number of aryl methyl sites for hydroxylation is 1. The van der Waals surface area contributed by atoms with Gasteiger partial charge in [0, 0.05) is 18.8 Å². The molecule has 1 amide bonds. The predicted molar refractivity (Wildman–Crippen MR) is 97.4 cm³/mol. The lowest BCUT2D eigenvalue weighted by molar-refractivity contribution is -0.120. The van der Waals surface area contributed by atoms with Crippen LogP contribution in [0.3, 0.4) is 0 Å². The van der Waals surface area contributed by atoms with Gasteiger partial charge in [-0.1, -0.05) is 38.5 Å². The number of hydrogen-bond acceptors (Lipinski definition) is 3. The van der Waals surface area contributed by atoms with Crippen molar-refractivity contribution >= 4 is 21.6 Å². The molecule has 1 aromatic carbocycles. The van der Waals surface area contributed by atoms with E-state index >= 15 is 0 Å². The lowest BCUT2D eigenvalue weighted by atomic mass is 9.98. The second-order valence-corrected chi connectivity index (χ2v) is 8.50. The fourth-order valence-electron chi connectivity index (χ4n) is 3.16. The summed E-state index contributed by atoms with van der Waals surface area (Å²) in [5, 5.41) is 3.01. The number of nitrogens with zero attached hydrogens (tertiary/aromatic N) is 1. The van der Waals surface area contributed by atoms with Gasteiger partial charge in [-0.2, -0.15) is 0 Å². The number of para-hydroxylation sites is 1. The summed E-state index contributed by atoms with van der Waals surface area (Å²) in [7, 11) is -3.24. The molecule has 0 bridgehead atoms. The van der Waals surface area contributed by atoms with Crippen LogP contribution in [0, 0.1) is 5.92 Å². The van der Waals surface area contributed by atoms with Gasteiger partial charge in [-0.25, -0.2) is 12.7 Å². The Morgan fingerprint density at radius 2 is 2.00 bits per heavy atom. The van der Waals surface area contributed by atoms with Gasteiger partial charge in [-0.15, -0.1) is 0 Å². The van der Waals surface area contributed by atoms with Gasteiger partial charge in [0.2, 0.25) is 15.9 Å². The fraction of sp³-hybridized carbons (Fsp3) is 0.611. The van der Waals surface area contributed by atoms with Crippen molar-refractivity contribution in [2.75, 3.05) is 24.2 Å². The average molecular weight is 353 g/mol. The minimum atomic E-state index is -3.24. The Bertz CT molecular complexity index is 658. The molecule has 2 rings (SSSR count). The highest BCUT2D eigenvalue weighted by Gasteiger charge is 2.31. The quantitative estimate of drug-likeness (QED) is 0.820. The van der Waals surface area contributed by atoms with E-state index in [-0.39, 0.29) is 17.6 Å². The highest BCUT2D eigenvalue weighted by Crippen LogP contribution is 2.23. The molecule has 0 radical (unpaired) electrons. The van der Waals surface area contributed by atoms with Crippen LogP contribution in [0.4, 0.5) is 5.69 Å². The number of carbonyl (C=O) groups excluding carboxylic acids is 1. The van der Waals surface area contributed by atoms with Gasteiger partial charge in [-0.05, 0) is 37.3 Å². The molecule has 5 nitrogen and oxygen atoms in total. The molecule has 0 aliphatic carbocycles. The molecule has 24 heavy (non-hydrogen) atoms. The standard InChI is InChI=1S/C18H28N2O3S/c1-3-8-15-9-5-6-11-17(15)19-18(21)16-10-7-12-20(14-16)24(22,23)13-4-2/h5-6,9,11,16H,3-4,7-8,10,12-14H2,1-2H3,(H,19,21)/t16-/m0/s1. The molecule has 0 saturated carbocycles. The van der Waals surface area contributed by atoms with Crippen molar-refractivity contribution in [3.63, 3.8) is 0 Å². The summed E-state index contributed by atoms with van der Waals surface area (Å²) in [5.41, 5.74) is 1.97. The van der Waals surface area contributed by atoms with Crippen molar-refractivity contribution in [2.24, 2.45) is 5.92 Å². The molecule has 6 heteroatoms. The summed E-state index contributed by atoms with van der Waals surface area (Å²) in [5.74, 6) is -0.198. The molecule has 1 aromatic rings. The van der Waals surface area contributed by atoms with Crippen LogP contribution < -0.4 is 5.32 Å². The summed E-state index contributed by atoms with van der Waals surface area (Å²) in [4.78, 5) is 12.6. The van der Waals surface area contributed by atoms with E-state index in [1.54, 1.807) is 0 Å². The molecular weight excluding hydrogens is 324 g/mol. The third-order valence-corrected chi connectivity index (χ3v) is 6.45. The van der Waals surface area contributed by atoms with Crippen LogP contribution in [-0.4, -0.2) is 37.5 Å². The molecule has 1 saturated heterocycles. The van der Waals surface area contributed by atoms with E-state index in [0.29, 0.717) is 19.5 Å². The van der Waals surface area contributed by atoms with E-state index in [4.69, 9.17) is 0 Å². The van der Waals surface area contributed by atoms with E-state index in [2.05, 4.69) is 12.2 Å². The molecule has 1 aliphatic heterocycles. The molecular formula is C18H28N2O3S. The SMILES string of the molecule is CCCc1ccccc1NC(=O)[C@H]1CCCN(S(=O)(=O)CCC)C1. The Hall–Kier alpha value is -1.40. The molecule has 1 fully saturated rings. The predicted octanol–water partition coefficient (Wildman–Crippen LogP) is 3.03. The number of carbonyl (C=O) groups is 1. The largest absolute Gasteiger partial charge is 0.326 e. The lowest BCUT2D eigenvalue weighted by Gasteiger charge is -2.31. The van der Waals surface area contributed by atoms with Crippen LogP contribution in [0.25, 0.3) is 0 Å². The third-order valence-electron chi connectivity index (χ3n) is 4.40. The number of sulfonamides is 1. The molecule has 1 heterocycles. The fourth-order valence-corrected chi connectivity index (χ4v) is 4.75. The monoisotopic (exact) mass is 352 g/mol. The second kappa shape index (κ2) is 8.62. The lowest BCUT2D eigenvalue weighted by Crippen LogP contribution is -2.44. The maximum Gasteiger partial charge on any atom is 0.228 e. The Morgan fingerprint density at radius 1 is 1.25 bits per heavy atom. The van der Waals surface area contributed by atoms with Gasteiger partial charge in [0.15, 0.2) is 0 Å². The first kappa shape index (κ1) is 18.9. The summed E-state index contributed by atoms with van der Waals surface area (Å²) in [6.45, 7) is 4.79. The van der Waals surface area contributed by atoms with Crippen LogP contribution in [0.1, 0.15) is 45.1 Å². The summed E-state index contributed by atoms with van der Waals surface area (Å²) >= 11 is 0. The Kier molecular flexibility index (Phi) is 6.80. The molecule has 1 atom stereocenters. The van der Waals surface area contributed by atoms with Crippen molar-refractivity contribution in [1.82, 2.24) is 4.31 Å². The van der Waals surface area contributed by atoms with E-state index in [9.17, 15) is 13.2 Å². The maximum atomic E-state index is 12.6. The number of amides is 1. The van der Waals surface area contributed by atoms with E-state index in [0.717, 1.165) is 36.9 Å². The van der Waals surface area contributed by atoms with Crippen molar-refractivity contribution in [1.29, 1.82) is 0 Å². The molecule has 1 N–H and O–H groups in total. The van der Waals surface area contributed by atoms with Gasteiger partial charge >= 0.3 is 0 Å². The Balaban J connectivity index is 2.05. The van der Waals surface area contributed by atoms with Crippen LogP contribution in [0.5, 0.6) is 0 Å². The Morgan fingerprint density at radius 3 is 2.71 bits per heavy atom. The van der Waals surface area contributed by atoms with E-state index in [1.165, 1.54) is 4.31 Å². The van der Waals surface area contributed by atoms with Crippen molar-refractivity contribution in [2.45, 2.75) is 46.0 Å². The summed E-state index contributed by atoms with van der Waals surface area (Å²) in [6, 6.07) is 7.82. The number of nitrogens with one attached hydrogen (secondary N) is 1. The highest BCUT2D eigenvalue weighted by atomic mass is 32.2. The highest BCUT2D eigenvalue weighted by molar-refractivity contribution is 7.89. The first-order valence-corrected chi connectivity index (χ1v) is 10.5.